The van der Waals surface area contributed by atoms with Gasteiger partial charge in [-0.05, 0) is 19.9 Å². The number of rotatable bonds is 4. The van der Waals surface area contributed by atoms with Gasteiger partial charge >= 0.3 is 0 Å². The Balaban J connectivity index is 2.99. The molecule has 0 saturated heterocycles. The number of nitrogens with zero attached hydrogens (tertiary/aromatic N) is 1. The number of hydrogen-bond donors (Lipinski definition) is 1. The van der Waals surface area contributed by atoms with Gasteiger partial charge < -0.3 is 5.32 Å². The number of hydrogen-bond acceptors (Lipinski definition) is 3. The van der Waals surface area contributed by atoms with Crippen molar-refractivity contribution in [3.05, 3.63) is 34.4 Å². The quantitative estimate of drug-likeness (QED) is 0.520. The Hall–Kier alpha value is -1.10. The van der Waals surface area contributed by atoms with Crippen LogP contribution < -0.4 is 5.32 Å². The molecule has 0 aliphatic heterocycles. The Bertz CT molecular complexity index is 366. The van der Waals surface area contributed by atoms with Gasteiger partial charge in [0.05, 0.1) is 4.92 Å². The molecule has 1 N–H and O–H groups in total. The molecule has 0 bridgehead atoms. The molecule has 0 saturated carbocycles. The molecule has 0 amide bonds. The van der Waals surface area contributed by atoms with Crippen LogP contribution in [0.25, 0.3) is 0 Å². The topological polar surface area (TPSA) is 55.2 Å². The second-order valence-electron chi connectivity index (χ2n) is 3.92. The molecule has 0 spiro atoms. The molecule has 0 heterocycles. The highest BCUT2D eigenvalue weighted by Gasteiger charge is 2.20. The van der Waals surface area contributed by atoms with E-state index in [1.165, 1.54) is 6.07 Å². The van der Waals surface area contributed by atoms with Crippen molar-refractivity contribution in [2.45, 2.75) is 19.4 Å². The lowest BCUT2D eigenvalue weighted by molar-refractivity contribution is -0.384. The first-order valence-corrected chi connectivity index (χ1v) is 5.66. The minimum absolute atomic E-state index is 0.103. The monoisotopic (exact) mass is 272 g/mol. The van der Waals surface area contributed by atoms with Crippen LogP contribution in [0.4, 0.5) is 11.4 Å². The van der Waals surface area contributed by atoms with Gasteiger partial charge in [0, 0.05) is 16.9 Å². The maximum atomic E-state index is 10.7. The fourth-order valence-corrected chi connectivity index (χ4v) is 1.28. The number of nitro benzene ring substituents is 1. The zero-order valence-electron chi connectivity index (χ0n) is 8.66. The van der Waals surface area contributed by atoms with Crippen LogP contribution in [-0.4, -0.2) is 15.8 Å². The van der Waals surface area contributed by atoms with Gasteiger partial charge in [-0.3, -0.25) is 10.1 Å². The van der Waals surface area contributed by atoms with E-state index in [2.05, 4.69) is 21.2 Å². The molecule has 5 heteroatoms. The number of halogens is 1. The summed E-state index contributed by atoms with van der Waals surface area (Å²) < 4.78 is 0. The fraction of sp³-hybridized carbons (Fsp3) is 0.400. The summed E-state index contributed by atoms with van der Waals surface area (Å²) in [4.78, 5) is 10.4. The summed E-state index contributed by atoms with van der Waals surface area (Å²) in [6, 6.07) is 6.64. The third-order valence-corrected chi connectivity index (χ3v) is 3.31. The Morgan fingerprint density at radius 1 is 1.47 bits per heavy atom. The normalized spacial score (nSPS) is 11.1. The molecule has 1 rings (SSSR count). The van der Waals surface area contributed by atoms with E-state index in [-0.39, 0.29) is 16.1 Å². The van der Waals surface area contributed by atoms with E-state index in [1.54, 1.807) is 18.2 Å². The van der Waals surface area contributed by atoms with Crippen molar-refractivity contribution in [1.29, 1.82) is 0 Å². The molecule has 0 aromatic heterocycles. The van der Waals surface area contributed by atoms with Crippen LogP contribution >= 0.6 is 15.9 Å². The standard InChI is InChI=1S/C10H13BrN2O2/c1-10(2,7-11)12-8-5-3-4-6-9(8)13(14)15/h3-6,12H,7H2,1-2H3. The average Bonchev–Trinajstić information content (AvgIpc) is 2.18. The summed E-state index contributed by atoms with van der Waals surface area (Å²) in [5.41, 5.74) is 0.435. The largest absolute Gasteiger partial charge is 0.374 e. The third-order valence-electron chi connectivity index (χ3n) is 1.91. The van der Waals surface area contributed by atoms with Crippen LogP contribution in [0, 0.1) is 10.1 Å². The summed E-state index contributed by atoms with van der Waals surface area (Å²) in [6.07, 6.45) is 0. The predicted molar refractivity (Wildman–Crippen MR) is 64.6 cm³/mol. The second-order valence-corrected chi connectivity index (χ2v) is 4.48. The van der Waals surface area contributed by atoms with Crippen LogP contribution in [0.5, 0.6) is 0 Å². The molecule has 15 heavy (non-hydrogen) atoms. The van der Waals surface area contributed by atoms with E-state index in [1.807, 2.05) is 13.8 Å². The highest BCUT2D eigenvalue weighted by molar-refractivity contribution is 9.09. The Labute approximate surface area is 97.0 Å². The van der Waals surface area contributed by atoms with E-state index in [0.29, 0.717) is 11.0 Å². The van der Waals surface area contributed by atoms with Crippen LogP contribution in [-0.2, 0) is 0 Å². The Kier molecular flexibility index (Phi) is 3.68. The molecule has 0 fully saturated rings. The number of para-hydroxylation sites is 2. The molecule has 0 aliphatic rings. The predicted octanol–water partition coefficient (Wildman–Crippen LogP) is 3.18. The van der Waals surface area contributed by atoms with Crippen molar-refractivity contribution in [3.63, 3.8) is 0 Å². The Morgan fingerprint density at radius 2 is 2.07 bits per heavy atom. The minimum atomic E-state index is -0.382. The van der Waals surface area contributed by atoms with Crippen molar-refractivity contribution in [1.82, 2.24) is 0 Å². The van der Waals surface area contributed by atoms with Gasteiger partial charge in [0.2, 0.25) is 0 Å². The average molecular weight is 273 g/mol. The molecule has 0 unspecified atom stereocenters. The fourth-order valence-electron chi connectivity index (χ4n) is 1.14. The molecular weight excluding hydrogens is 260 g/mol. The number of benzene rings is 1. The number of nitrogens with one attached hydrogen (secondary N) is 1. The molecule has 0 aliphatic carbocycles. The van der Waals surface area contributed by atoms with Crippen LogP contribution in [0.1, 0.15) is 13.8 Å². The van der Waals surface area contributed by atoms with Gasteiger partial charge in [0.1, 0.15) is 5.69 Å². The van der Waals surface area contributed by atoms with E-state index >= 15 is 0 Å². The lowest BCUT2D eigenvalue weighted by atomic mass is 10.1. The number of nitro groups is 1. The van der Waals surface area contributed by atoms with Crippen molar-refractivity contribution >= 4 is 27.3 Å². The summed E-state index contributed by atoms with van der Waals surface area (Å²) in [5, 5.41) is 14.6. The highest BCUT2D eigenvalue weighted by atomic mass is 79.9. The first kappa shape index (κ1) is 12.0. The molecule has 4 nitrogen and oxygen atoms in total. The van der Waals surface area contributed by atoms with Crippen LogP contribution in [0.3, 0.4) is 0 Å². The second kappa shape index (κ2) is 4.61. The van der Waals surface area contributed by atoms with Crippen molar-refractivity contribution in [3.8, 4) is 0 Å². The molecule has 82 valence electrons. The molecule has 1 aromatic rings. The van der Waals surface area contributed by atoms with Crippen LogP contribution in [0.15, 0.2) is 24.3 Å². The highest BCUT2D eigenvalue weighted by Crippen LogP contribution is 2.26. The molecular formula is C10H13BrN2O2. The lowest BCUT2D eigenvalue weighted by Crippen LogP contribution is -2.32. The molecule has 0 radical (unpaired) electrons. The van der Waals surface area contributed by atoms with Gasteiger partial charge in [-0.25, -0.2) is 0 Å². The smallest absolute Gasteiger partial charge is 0.292 e. The van der Waals surface area contributed by atoms with E-state index in [4.69, 9.17) is 0 Å². The summed E-state index contributed by atoms with van der Waals surface area (Å²) in [6.45, 7) is 3.94. The summed E-state index contributed by atoms with van der Waals surface area (Å²) in [7, 11) is 0. The van der Waals surface area contributed by atoms with Gasteiger partial charge in [0.15, 0.2) is 0 Å². The number of alkyl halides is 1. The maximum absolute atomic E-state index is 10.7. The molecule has 1 aromatic carbocycles. The van der Waals surface area contributed by atoms with E-state index in [9.17, 15) is 10.1 Å². The van der Waals surface area contributed by atoms with Gasteiger partial charge in [-0.1, -0.05) is 28.1 Å². The third kappa shape index (κ3) is 3.20. The van der Waals surface area contributed by atoms with Gasteiger partial charge in [-0.15, -0.1) is 0 Å². The van der Waals surface area contributed by atoms with Gasteiger partial charge in [0.25, 0.3) is 5.69 Å². The first-order valence-electron chi connectivity index (χ1n) is 4.54. The van der Waals surface area contributed by atoms with Crippen molar-refractivity contribution in [2.24, 2.45) is 0 Å². The van der Waals surface area contributed by atoms with Crippen molar-refractivity contribution < 1.29 is 4.92 Å². The van der Waals surface area contributed by atoms with E-state index in [0.717, 1.165) is 0 Å². The van der Waals surface area contributed by atoms with Crippen molar-refractivity contribution in [2.75, 3.05) is 10.6 Å². The first-order chi connectivity index (χ1) is 6.96. The zero-order valence-corrected chi connectivity index (χ0v) is 10.2. The van der Waals surface area contributed by atoms with Crippen LogP contribution in [0.2, 0.25) is 0 Å². The Morgan fingerprint density at radius 3 is 2.60 bits per heavy atom. The summed E-state index contributed by atoms with van der Waals surface area (Å²) >= 11 is 3.36. The SMILES string of the molecule is CC(C)(CBr)Nc1ccccc1[N+](=O)[O-]. The lowest BCUT2D eigenvalue weighted by Gasteiger charge is -2.24. The molecule has 0 atom stereocenters. The summed E-state index contributed by atoms with van der Waals surface area (Å²) in [5.74, 6) is 0. The zero-order chi connectivity index (χ0) is 11.5. The minimum Gasteiger partial charge on any atom is -0.374 e. The van der Waals surface area contributed by atoms with E-state index < -0.39 is 0 Å². The maximum Gasteiger partial charge on any atom is 0.292 e. The number of anilines is 1. The van der Waals surface area contributed by atoms with Gasteiger partial charge in [-0.2, -0.15) is 0 Å².